The van der Waals surface area contributed by atoms with E-state index >= 15 is 0 Å². The predicted octanol–water partition coefficient (Wildman–Crippen LogP) is 1.16. The number of nitrogens with one attached hydrogen (secondary N) is 1. The fourth-order valence-corrected chi connectivity index (χ4v) is 1.10. The summed E-state index contributed by atoms with van der Waals surface area (Å²) in [4.78, 5) is 22.3. The van der Waals surface area contributed by atoms with Crippen LogP contribution >= 0.6 is 0 Å². The average molecular weight is 248 g/mol. The van der Waals surface area contributed by atoms with Crippen LogP contribution in [0.25, 0.3) is 0 Å². The van der Waals surface area contributed by atoms with Gasteiger partial charge in [0.15, 0.2) is 0 Å². The monoisotopic (exact) mass is 248 g/mol. The number of ether oxygens (including phenoxy) is 1. The van der Waals surface area contributed by atoms with Crippen molar-refractivity contribution in [2.45, 2.75) is 45.3 Å². The molecular formula is C11H21FN2O3. The van der Waals surface area contributed by atoms with E-state index in [-0.39, 0.29) is 25.2 Å². The third kappa shape index (κ3) is 8.62. The summed E-state index contributed by atoms with van der Waals surface area (Å²) in [5.41, 5.74) is 4.50. The van der Waals surface area contributed by atoms with E-state index in [9.17, 15) is 14.0 Å². The summed E-state index contributed by atoms with van der Waals surface area (Å²) in [5, 5.41) is 2.37. The van der Waals surface area contributed by atoms with Crippen LogP contribution in [0.4, 0.5) is 9.18 Å². The third-order valence-corrected chi connectivity index (χ3v) is 1.91. The molecule has 0 bridgehead atoms. The molecule has 0 heterocycles. The van der Waals surface area contributed by atoms with Crippen LogP contribution in [-0.2, 0) is 9.53 Å². The average Bonchev–Trinajstić information content (AvgIpc) is 2.20. The Morgan fingerprint density at radius 1 is 1.41 bits per heavy atom. The van der Waals surface area contributed by atoms with Crippen LogP contribution in [0.3, 0.4) is 0 Å². The molecule has 0 saturated carbocycles. The second-order valence-corrected chi connectivity index (χ2v) is 4.78. The molecule has 0 aliphatic carbocycles. The van der Waals surface area contributed by atoms with Crippen molar-refractivity contribution in [3.63, 3.8) is 0 Å². The highest BCUT2D eigenvalue weighted by molar-refractivity contribution is 5.80. The Bertz CT molecular complexity index is 264. The van der Waals surface area contributed by atoms with Crippen molar-refractivity contribution in [3.8, 4) is 0 Å². The second kappa shape index (κ2) is 7.21. The molecule has 100 valence electrons. The first-order valence-electron chi connectivity index (χ1n) is 5.55. The molecule has 0 spiro atoms. The zero-order valence-electron chi connectivity index (χ0n) is 10.6. The van der Waals surface area contributed by atoms with Crippen LogP contribution in [0.15, 0.2) is 0 Å². The Hall–Kier alpha value is -1.17. The van der Waals surface area contributed by atoms with Crippen LogP contribution < -0.4 is 11.1 Å². The minimum absolute atomic E-state index is 0.0640. The molecule has 0 aromatic carbocycles. The SMILES string of the molecule is CC(C)(C)OC(=O)N[C@@H](CF)CCC(=O)CN. The number of amides is 1. The summed E-state index contributed by atoms with van der Waals surface area (Å²) in [6.45, 7) is 4.35. The molecule has 6 heteroatoms. The molecule has 0 unspecified atom stereocenters. The number of hydrogen-bond acceptors (Lipinski definition) is 4. The molecule has 0 radical (unpaired) electrons. The van der Waals surface area contributed by atoms with E-state index in [0.717, 1.165) is 0 Å². The molecule has 0 aromatic rings. The van der Waals surface area contributed by atoms with E-state index in [1.54, 1.807) is 20.8 Å². The topological polar surface area (TPSA) is 81.4 Å². The summed E-state index contributed by atoms with van der Waals surface area (Å²) in [6, 6.07) is -0.708. The van der Waals surface area contributed by atoms with Gasteiger partial charge in [0.1, 0.15) is 18.1 Å². The van der Waals surface area contributed by atoms with Gasteiger partial charge < -0.3 is 15.8 Å². The molecular weight excluding hydrogens is 227 g/mol. The predicted molar refractivity (Wildman–Crippen MR) is 62.4 cm³/mol. The quantitative estimate of drug-likeness (QED) is 0.739. The van der Waals surface area contributed by atoms with Crippen LogP contribution in [0.1, 0.15) is 33.6 Å². The van der Waals surface area contributed by atoms with E-state index in [0.29, 0.717) is 0 Å². The summed E-state index contributed by atoms with van der Waals surface area (Å²) in [7, 11) is 0. The number of ketones is 1. The Morgan fingerprint density at radius 2 is 2.00 bits per heavy atom. The minimum atomic E-state index is -0.739. The molecule has 3 N–H and O–H groups in total. The standard InChI is InChI=1S/C11H21FN2O3/c1-11(2,3)17-10(16)14-8(6-12)4-5-9(15)7-13/h8H,4-7,13H2,1-3H3,(H,14,16)/t8-/m1/s1. The van der Waals surface area contributed by atoms with E-state index < -0.39 is 24.4 Å². The van der Waals surface area contributed by atoms with Gasteiger partial charge in [-0.15, -0.1) is 0 Å². The first-order valence-corrected chi connectivity index (χ1v) is 5.55. The van der Waals surface area contributed by atoms with Gasteiger partial charge in [0.05, 0.1) is 12.6 Å². The van der Waals surface area contributed by atoms with Crippen LogP contribution in [-0.4, -0.2) is 36.7 Å². The largest absolute Gasteiger partial charge is 0.444 e. The normalized spacial score (nSPS) is 13.0. The lowest BCUT2D eigenvalue weighted by atomic mass is 10.1. The summed E-state index contributed by atoms with van der Waals surface area (Å²) in [5.74, 6) is -0.158. The number of halogens is 1. The maximum Gasteiger partial charge on any atom is 0.407 e. The number of rotatable bonds is 6. The molecule has 0 aliphatic heterocycles. The number of hydrogen-bond donors (Lipinski definition) is 2. The van der Waals surface area contributed by atoms with Crippen LogP contribution in [0.5, 0.6) is 0 Å². The van der Waals surface area contributed by atoms with Crippen molar-refractivity contribution >= 4 is 11.9 Å². The summed E-state index contributed by atoms with van der Waals surface area (Å²) >= 11 is 0. The Balaban J connectivity index is 4.04. The maximum absolute atomic E-state index is 12.6. The smallest absolute Gasteiger partial charge is 0.407 e. The zero-order valence-corrected chi connectivity index (χ0v) is 10.6. The van der Waals surface area contributed by atoms with E-state index in [1.807, 2.05) is 0 Å². The van der Waals surface area contributed by atoms with Crippen molar-refractivity contribution in [3.05, 3.63) is 0 Å². The number of nitrogens with two attached hydrogens (primary N) is 1. The van der Waals surface area contributed by atoms with Gasteiger partial charge in [-0.3, -0.25) is 4.79 Å². The van der Waals surface area contributed by atoms with Crippen molar-refractivity contribution in [2.75, 3.05) is 13.2 Å². The van der Waals surface area contributed by atoms with E-state index in [4.69, 9.17) is 10.5 Å². The number of alkyl carbamates (subject to hydrolysis) is 1. The maximum atomic E-state index is 12.6. The van der Waals surface area contributed by atoms with Crippen molar-refractivity contribution in [2.24, 2.45) is 5.73 Å². The highest BCUT2D eigenvalue weighted by atomic mass is 19.1. The number of alkyl halides is 1. The Labute approximate surface area is 101 Å². The van der Waals surface area contributed by atoms with Gasteiger partial charge in [0.25, 0.3) is 0 Å². The van der Waals surface area contributed by atoms with Gasteiger partial charge in [-0.1, -0.05) is 0 Å². The Morgan fingerprint density at radius 3 is 2.41 bits per heavy atom. The van der Waals surface area contributed by atoms with E-state index in [2.05, 4.69) is 5.32 Å². The number of carbonyl (C=O) groups excluding carboxylic acids is 2. The molecule has 0 fully saturated rings. The first kappa shape index (κ1) is 15.8. The second-order valence-electron chi connectivity index (χ2n) is 4.78. The number of Topliss-reactive ketones (excluding diaryl/α,β-unsaturated/α-hetero) is 1. The molecule has 17 heavy (non-hydrogen) atoms. The third-order valence-electron chi connectivity index (χ3n) is 1.91. The van der Waals surface area contributed by atoms with Crippen LogP contribution in [0.2, 0.25) is 0 Å². The molecule has 0 saturated heterocycles. The van der Waals surface area contributed by atoms with Crippen molar-refractivity contribution in [1.29, 1.82) is 0 Å². The molecule has 5 nitrogen and oxygen atoms in total. The summed E-state index contributed by atoms with van der Waals surface area (Å²) < 4.78 is 17.6. The first-order chi connectivity index (χ1) is 7.78. The van der Waals surface area contributed by atoms with Gasteiger partial charge in [-0.2, -0.15) is 0 Å². The molecule has 0 rings (SSSR count). The van der Waals surface area contributed by atoms with Crippen LogP contribution in [0, 0.1) is 0 Å². The fourth-order valence-electron chi connectivity index (χ4n) is 1.10. The van der Waals surface area contributed by atoms with Crippen molar-refractivity contribution in [1.82, 2.24) is 5.32 Å². The van der Waals surface area contributed by atoms with Gasteiger partial charge in [0, 0.05) is 6.42 Å². The highest BCUT2D eigenvalue weighted by Gasteiger charge is 2.19. The van der Waals surface area contributed by atoms with Crippen molar-refractivity contribution < 1.29 is 18.7 Å². The Kier molecular flexibility index (Phi) is 6.72. The summed E-state index contributed by atoms with van der Waals surface area (Å²) in [6.07, 6.45) is -0.299. The van der Waals surface area contributed by atoms with Gasteiger partial charge >= 0.3 is 6.09 Å². The molecule has 0 aliphatic rings. The number of carbonyl (C=O) groups is 2. The highest BCUT2D eigenvalue weighted by Crippen LogP contribution is 2.08. The lowest BCUT2D eigenvalue weighted by Crippen LogP contribution is -2.40. The zero-order chi connectivity index (χ0) is 13.5. The van der Waals surface area contributed by atoms with E-state index in [1.165, 1.54) is 0 Å². The van der Waals surface area contributed by atoms with Gasteiger partial charge in [-0.25, -0.2) is 9.18 Å². The fraction of sp³-hybridized carbons (Fsp3) is 0.818. The minimum Gasteiger partial charge on any atom is -0.444 e. The lowest BCUT2D eigenvalue weighted by molar-refractivity contribution is -0.118. The van der Waals surface area contributed by atoms with Gasteiger partial charge in [0.2, 0.25) is 0 Å². The molecule has 0 aromatic heterocycles. The van der Waals surface area contributed by atoms with Gasteiger partial charge in [-0.05, 0) is 27.2 Å². The molecule has 1 atom stereocenters. The lowest BCUT2D eigenvalue weighted by Gasteiger charge is -2.22. The molecule has 1 amide bonds.